The minimum absolute atomic E-state index is 0.0169. The molecule has 0 aliphatic rings. The van der Waals surface area contributed by atoms with Gasteiger partial charge < -0.3 is 10.5 Å². The van der Waals surface area contributed by atoms with Crippen LogP contribution in [0.1, 0.15) is 26.6 Å². The fourth-order valence-corrected chi connectivity index (χ4v) is 2.88. The van der Waals surface area contributed by atoms with Gasteiger partial charge in [0.15, 0.2) is 4.34 Å². The molecule has 2 aromatic rings. The van der Waals surface area contributed by atoms with E-state index in [0.717, 1.165) is 16.6 Å². The number of ether oxygens (including phenoxy) is 1. The summed E-state index contributed by atoms with van der Waals surface area (Å²) in [5.74, 6) is 1.24. The van der Waals surface area contributed by atoms with E-state index in [4.69, 9.17) is 10.5 Å². The van der Waals surface area contributed by atoms with Crippen molar-refractivity contribution < 1.29 is 4.74 Å². The number of aryl methyl sites for hydroxylation is 1. The smallest absolute Gasteiger partial charge is 0.241 e. The van der Waals surface area contributed by atoms with E-state index in [1.165, 1.54) is 29.6 Å². The second kappa shape index (κ2) is 6.16. The van der Waals surface area contributed by atoms with E-state index in [-0.39, 0.29) is 6.10 Å². The molecule has 0 amide bonds. The van der Waals surface area contributed by atoms with Crippen molar-refractivity contribution >= 4 is 29.0 Å². The maximum atomic E-state index is 6.00. The highest BCUT2D eigenvalue weighted by Crippen LogP contribution is 2.34. The van der Waals surface area contributed by atoms with Crippen LogP contribution in [0.3, 0.4) is 0 Å². The number of hydrogen-bond acceptors (Lipinski definition) is 8. The maximum Gasteiger partial charge on any atom is 0.241 e. The molecular formula is C11H15N5OS2. The van der Waals surface area contributed by atoms with Gasteiger partial charge in [0, 0.05) is 6.42 Å². The van der Waals surface area contributed by atoms with Crippen LogP contribution in [0.15, 0.2) is 15.7 Å². The summed E-state index contributed by atoms with van der Waals surface area (Å²) in [7, 11) is 0. The first-order chi connectivity index (χ1) is 9.10. The number of anilines is 1. The molecular weight excluding hydrogens is 282 g/mol. The van der Waals surface area contributed by atoms with E-state index in [1.807, 2.05) is 20.8 Å². The molecule has 6 nitrogen and oxygen atoms in total. The third kappa shape index (κ3) is 3.54. The molecule has 0 unspecified atom stereocenters. The lowest BCUT2D eigenvalue weighted by atomic mass is 10.4. The molecule has 102 valence electrons. The Morgan fingerprint density at radius 2 is 2.21 bits per heavy atom. The largest absolute Gasteiger partial charge is 0.473 e. The normalized spacial score (nSPS) is 10.9. The Balaban J connectivity index is 2.20. The highest BCUT2D eigenvalue weighted by Gasteiger charge is 2.14. The molecule has 2 heterocycles. The zero-order valence-electron chi connectivity index (χ0n) is 11.0. The number of aromatic nitrogens is 4. The fraction of sp³-hybridized carbons (Fsp3) is 0.455. The number of nitrogens with zero attached hydrogens (tertiary/aromatic N) is 4. The predicted molar refractivity (Wildman–Crippen MR) is 75.6 cm³/mol. The molecule has 0 aliphatic carbocycles. The summed E-state index contributed by atoms with van der Waals surface area (Å²) in [6.07, 6.45) is 2.28. The van der Waals surface area contributed by atoms with E-state index in [2.05, 4.69) is 19.3 Å². The van der Waals surface area contributed by atoms with Gasteiger partial charge in [-0.3, -0.25) is 0 Å². The summed E-state index contributed by atoms with van der Waals surface area (Å²) in [6, 6.07) is 0. The number of hydrogen-bond donors (Lipinski definition) is 1. The van der Waals surface area contributed by atoms with Gasteiger partial charge in [0.1, 0.15) is 22.9 Å². The van der Waals surface area contributed by atoms with Crippen molar-refractivity contribution in [1.82, 2.24) is 19.3 Å². The Bertz CT molecular complexity index is 558. The van der Waals surface area contributed by atoms with Gasteiger partial charge in [-0.25, -0.2) is 9.97 Å². The maximum absolute atomic E-state index is 6.00. The Labute approximate surface area is 120 Å². The van der Waals surface area contributed by atoms with Gasteiger partial charge in [0.05, 0.1) is 6.10 Å². The Kier molecular flexibility index (Phi) is 4.54. The molecule has 0 spiro atoms. The molecule has 2 rings (SSSR count). The first kappa shape index (κ1) is 14.0. The van der Waals surface area contributed by atoms with Gasteiger partial charge >= 0.3 is 0 Å². The van der Waals surface area contributed by atoms with Crippen LogP contribution in [0.5, 0.6) is 5.88 Å². The van der Waals surface area contributed by atoms with Crippen LogP contribution < -0.4 is 10.5 Å². The second-order valence-electron chi connectivity index (χ2n) is 4.00. The summed E-state index contributed by atoms with van der Waals surface area (Å²) >= 11 is 2.72. The zero-order chi connectivity index (χ0) is 13.8. The van der Waals surface area contributed by atoms with E-state index < -0.39 is 0 Å². The molecule has 0 radical (unpaired) electrons. The van der Waals surface area contributed by atoms with Gasteiger partial charge in [0.25, 0.3) is 0 Å². The van der Waals surface area contributed by atoms with Crippen molar-refractivity contribution in [2.75, 3.05) is 5.73 Å². The summed E-state index contributed by atoms with van der Waals surface area (Å²) in [4.78, 5) is 12.6. The molecule has 0 saturated heterocycles. The molecule has 8 heteroatoms. The van der Waals surface area contributed by atoms with Gasteiger partial charge in [-0.2, -0.15) is 9.36 Å². The van der Waals surface area contributed by atoms with Crippen LogP contribution in [-0.2, 0) is 6.42 Å². The predicted octanol–water partition coefficient (Wildman–Crippen LogP) is 2.41. The fourth-order valence-electron chi connectivity index (χ4n) is 1.27. The Morgan fingerprint density at radius 3 is 2.84 bits per heavy atom. The van der Waals surface area contributed by atoms with Crippen LogP contribution in [0.25, 0.3) is 0 Å². The highest BCUT2D eigenvalue weighted by molar-refractivity contribution is 8.01. The van der Waals surface area contributed by atoms with Crippen LogP contribution in [0, 0.1) is 0 Å². The van der Waals surface area contributed by atoms with Crippen molar-refractivity contribution in [2.45, 2.75) is 42.7 Å². The highest BCUT2D eigenvalue weighted by atomic mass is 32.2. The zero-order valence-corrected chi connectivity index (χ0v) is 12.6. The van der Waals surface area contributed by atoms with E-state index in [9.17, 15) is 0 Å². The van der Waals surface area contributed by atoms with Gasteiger partial charge in [-0.15, -0.1) is 0 Å². The van der Waals surface area contributed by atoms with E-state index >= 15 is 0 Å². The SMILES string of the molecule is CCc1nsc(Sc2ncnc(OC(C)C)c2N)n1. The average Bonchev–Trinajstić information content (AvgIpc) is 2.81. The number of nitrogens with two attached hydrogens (primary N) is 1. The lowest BCUT2D eigenvalue weighted by molar-refractivity contribution is 0.233. The minimum Gasteiger partial charge on any atom is -0.473 e. The van der Waals surface area contributed by atoms with Crippen molar-refractivity contribution in [1.29, 1.82) is 0 Å². The molecule has 0 saturated carbocycles. The van der Waals surface area contributed by atoms with E-state index in [0.29, 0.717) is 16.6 Å². The van der Waals surface area contributed by atoms with Crippen LogP contribution in [-0.4, -0.2) is 25.4 Å². The number of rotatable bonds is 5. The molecule has 2 aromatic heterocycles. The third-order valence-corrected chi connectivity index (χ3v) is 3.92. The quantitative estimate of drug-likeness (QED) is 0.848. The summed E-state index contributed by atoms with van der Waals surface area (Å²) in [5.41, 5.74) is 6.44. The van der Waals surface area contributed by atoms with E-state index in [1.54, 1.807) is 0 Å². The Hall–Kier alpha value is -1.41. The molecule has 0 aliphatic heterocycles. The first-order valence-corrected chi connectivity index (χ1v) is 7.46. The monoisotopic (exact) mass is 297 g/mol. The lowest BCUT2D eigenvalue weighted by Gasteiger charge is -2.11. The molecule has 2 N–H and O–H groups in total. The van der Waals surface area contributed by atoms with Gasteiger partial charge in [-0.1, -0.05) is 6.92 Å². The van der Waals surface area contributed by atoms with Crippen molar-refractivity contribution in [3.63, 3.8) is 0 Å². The number of nitrogen functional groups attached to an aromatic ring is 1. The van der Waals surface area contributed by atoms with Gasteiger partial charge in [-0.05, 0) is 37.1 Å². The third-order valence-electron chi connectivity index (χ3n) is 2.11. The van der Waals surface area contributed by atoms with Crippen LogP contribution in [0.4, 0.5) is 5.69 Å². The average molecular weight is 297 g/mol. The molecule has 0 fully saturated rings. The molecule has 19 heavy (non-hydrogen) atoms. The van der Waals surface area contributed by atoms with Crippen LogP contribution in [0.2, 0.25) is 0 Å². The molecule has 0 bridgehead atoms. The van der Waals surface area contributed by atoms with Crippen LogP contribution >= 0.6 is 23.3 Å². The minimum atomic E-state index is 0.0169. The first-order valence-electron chi connectivity index (χ1n) is 5.87. The topological polar surface area (TPSA) is 86.8 Å². The second-order valence-corrected chi connectivity index (χ2v) is 5.98. The summed E-state index contributed by atoms with van der Waals surface area (Å²) < 4.78 is 10.6. The lowest BCUT2D eigenvalue weighted by Crippen LogP contribution is -2.09. The van der Waals surface area contributed by atoms with Crippen molar-refractivity contribution in [3.8, 4) is 5.88 Å². The summed E-state index contributed by atoms with van der Waals surface area (Å²) in [5, 5.41) is 0.643. The van der Waals surface area contributed by atoms with Gasteiger partial charge in [0.2, 0.25) is 5.88 Å². The molecule has 0 atom stereocenters. The summed E-state index contributed by atoms with van der Waals surface area (Å²) in [6.45, 7) is 5.86. The van der Waals surface area contributed by atoms with Crippen molar-refractivity contribution in [2.24, 2.45) is 0 Å². The standard InChI is InChI=1S/C11H15N5OS2/c1-4-7-15-11(19-16-7)18-10-8(12)9(13-5-14-10)17-6(2)3/h5-6H,4,12H2,1-3H3. The molecule has 0 aromatic carbocycles. The van der Waals surface area contributed by atoms with Crippen molar-refractivity contribution in [3.05, 3.63) is 12.2 Å². The Morgan fingerprint density at radius 1 is 1.42 bits per heavy atom.